The first-order chi connectivity index (χ1) is 8.81. The summed E-state index contributed by atoms with van der Waals surface area (Å²) in [5, 5.41) is 10.7. The summed E-state index contributed by atoms with van der Waals surface area (Å²) in [4.78, 5) is 32.8. The van der Waals surface area contributed by atoms with E-state index in [4.69, 9.17) is 5.73 Å². The Morgan fingerprint density at radius 3 is 2.68 bits per heavy atom. The number of nitrogens with two attached hydrogens (primary N) is 1. The van der Waals surface area contributed by atoms with Crippen LogP contribution in [0.15, 0.2) is 18.2 Å². The third-order valence-electron chi connectivity index (χ3n) is 2.08. The Hall–Kier alpha value is -2.71. The second-order valence-electron chi connectivity index (χ2n) is 3.54. The van der Waals surface area contributed by atoms with Crippen molar-refractivity contribution in [1.82, 2.24) is 4.90 Å². The Kier molecular flexibility index (Phi) is 4.35. The molecule has 0 spiro atoms. The number of ether oxygens (including phenoxy) is 1. The smallest absolute Gasteiger partial charge is 0.331 e. The molecular weight excluding hydrogens is 261 g/mol. The minimum Gasteiger partial charge on any atom is -0.418 e. The number of amides is 2. The van der Waals surface area contributed by atoms with Gasteiger partial charge < -0.3 is 15.4 Å². The summed E-state index contributed by atoms with van der Waals surface area (Å²) in [7, 11) is 1.24. The Morgan fingerprint density at radius 1 is 1.53 bits per heavy atom. The summed E-state index contributed by atoms with van der Waals surface area (Å²) in [5.41, 5.74) is 4.33. The molecule has 0 saturated heterocycles. The number of likely N-dealkylation sites (N-methyl/N-ethyl adjacent to an activating group) is 1. The molecule has 0 radical (unpaired) electrons. The van der Waals surface area contributed by atoms with Crippen LogP contribution in [-0.2, 0) is 4.79 Å². The van der Waals surface area contributed by atoms with Crippen LogP contribution in [0.25, 0.3) is 0 Å². The number of urea groups is 1. The topological polar surface area (TPSA) is 116 Å². The molecule has 2 N–H and O–H groups in total. The highest BCUT2D eigenvalue weighted by Crippen LogP contribution is 2.27. The molecule has 0 unspecified atom stereocenters. The van der Waals surface area contributed by atoms with Gasteiger partial charge in [-0.05, 0) is 6.07 Å². The SMILES string of the molecule is CN(CC(=O)Oc1cc(F)ccc1[N+](=O)[O-])C(N)=O. The standard InChI is InChI=1S/C10H10FN3O5/c1-13(10(12)16)5-9(15)19-8-4-6(11)2-3-7(8)14(17)18/h2-4H,5H2,1H3,(H2,12,16). The highest BCUT2D eigenvalue weighted by atomic mass is 19.1. The summed E-state index contributed by atoms with van der Waals surface area (Å²) >= 11 is 0. The van der Waals surface area contributed by atoms with E-state index >= 15 is 0 Å². The lowest BCUT2D eigenvalue weighted by Gasteiger charge is -2.12. The van der Waals surface area contributed by atoms with Crippen LogP contribution in [0, 0.1) is 15.9 Å². The minimum absolute atomic E-state index is 0.511. The van der Waals surface area contributed by atoms with Crippen LogP contribution < -0.4 is 10.5 Å². The maximum absolute atomic E-state index is 13.0. The van der Waals surface area contributed by atoms with Gasteiger partial charge in [0.15, 0.2) is 0 Å². The largest absolute Gasteiger partial charge is 0.418 e. The minimum atomic E-state index is -0.977. The summed E-state index contributed by atoms with van der Waals surface area (Å²) < 4.78 is 17.6. The van der Waals surface area contributed by atoms with Gasteiger partial charge in [-0.3, -0.25) is 10.1 Å². The lowest BCUT2D eigenvalue weighted by atomic mass is 10.3. The highest BCUT2D eigenvalue weighted by Gasteiger charge is 2.20. The van der Waals surface area contributed by atoms with Gasteiger partial charge in [-0.2, -0.15) is 0 Å². The van der Waals surface area contributed by atoms with Crippen LogP contribution in [0.4, 0.5) is 14.9 Å². The van der Waals surface area contributed by atoms with Crippen LogP contribution in [0.2, 0.25) is 0 Å². The number of primary amides is 1. The van der Waals surface area contributed by atoms with Crippen molar-refractivity contribution in [3.8, 4) is 5.75 Å². The number of carbonyl (C=O) groups is 2. The molecule has 0 aliphatic carbocycles. The van der Waals surface area contributed by atoms with Crippen LogP contribution in [0.1, 0.15) is 0 Å². The maximum atomic E-state index is 13.0. The number of nitrogens with zero attached hydrogens (tertiary/aromatic N) is 2. The summed E-state index contributed by atoms with van der Waals surface area (Å²) in [6.45, 7) is -0.511. The maximum Gasteiger partial charge on any atom is 0.331 e. The molecular formula is C10H10FN3O5. The fourth-order valence-electron chi connectivity index (χ4n) is 1.15. The molecule has 0 aliphatic rings. The van der Waals surface area contributed by atoms with E-state index in [1.54, 1.807) is 0 Å². The van der Waals surface area contributed by atoms with Crippen LogP contribution in [-0.4, -0.2) is 35.4 Å². The Balaban J connectivity index is 2.87. The van der Waals surface area contributed by atoms with E-state index in [0.29, 0.717) is 6.07 Å². The normalized spacial score (nSPS) is 9.79. The predicted molar refractivity (Wildman–Crippen MR) is 60.9 cm³/mol. The molecule has 0 saturated carbocycles. The van der Waals surface area contributed by atoms with Gasteiger partial charge in [0, 0.05) is 19.2 Å². The van der Waals surface area contributed by atoms with Gasteiger partial charge in [0.05, 0.1) is 4.92 Å². The Bertz CT molecular complexity index is 534. The van der Waals surface area contributed by atoms with Crippen molar-refractivity contribution < 1.29 is 23.6 Å². The third-order valence-corrected chi connectivity index (χ3v) is 2.08. The number of carbonyl (C=O) groups excluding carboxylic acids is 2. The first-order valence-corrected chi connectivity index (χ1v) is 4.96. The molecule has 0 aromatic heterocycles. The van der Waals surface area contributed by atoms with E-state index in [2.05, 4.69) is 4.74 Å². The monoisotopic (exact) mass is 271 g/mol. The van der Waals surface area contributed by atoms with Crippen LogP contribution >= 0.6 is 0 Å². The van der Waals surface area contributed by atoms with Gasteiger partial charge in [0.1, 0.15) is 12.4 Å². The van der Waals surface area contributed by atoms with Crippen LogP contribution in [0.3, 0.4) is 0 Å². The fourth-order valence-corrected chi connectivity index (χ4v) is 1.15. The molecule has 1 aromatic rings. The van der Waals surface area contributed by atoms with Crippen molar-refractivity contribution in [1.29, 1.82) is 0 Å². The molecule has 0 atom stereocenters. The molecule has 0 aliphatic heterocycles. The molecule has 8 nitrogen and oxygen atoms in total. The molecule has 0 heterocycles. The summed E-state index contributed by atoms with van der Waals surface area (Å²) in [6, 6.07) is 1.58. The first-order valence-electron chi connectivity index (χ1n) is 4.96. The zero-order valence-electron chi connectivity index (χ0n) is 9.83. The van der Waals surface area contributed by atoms with Crippen molar-refractivity contribution >= 4 is 17.7 Å². The Labute approximate surface area is 106 Å². The predicted octanol–water partition coefficient (Wildman–Crippen LogP) is 0.650. The summed E-state index contributed by atoms with van der Waals surface area (Å²) in [6.07, 6.45) is 0. The van der Waals surface area contributed by atoms with Gasteiger partial charge in [0.2, 0.25) is 5.75 Å². The second-order valence-corrected chi connectivity index (χ2v) is 3.54. The quantitative estimate of drug-likeness (QED) is 0.373. The highest BCUT2D eigenvalue weighted by molar-refractivity contribution is 5.81. The van der Waals surface area contributed by atoms with E-state index in [9.17, 15) is 24.1 Å². The molecule has 0 fully saturated rings. The number of rotatable bonds is 4. The Morgan fingerprint density at radius 2 is 2.16 bits per heavy atom. The van der Waals surface area contributed by atoms with Crippen molar-refractivity contribution in [2.45, 2.75) is 0 Å². The van der Waals surface area contributed by atoms with Gasteiger partial charge in [0.25, 0.3) is 0 Å². The average molecular weight is 271 g/mol. The van der Waals surface area contributed by atoms with Crippen molar-refractivity contribution in [2.24, 2.45) is 5.73 Å². The lowest BCUT2D eigenvalue weighted by molar-refractivity contribution is -0.385. The van der Waals surface area contributed by atoms with Gasteiger partial charge >= 0.3 is 17.7 Å². The fraction of sp³-hybridized carbons (Fsp3) is 0.200. The van der Waals surface area contributed by atoms with E-state index < -0.39 is 40.7 Å². The zero-order chi connectivity index (χ0) is 14.6. The number of benzene rings is 1. The van der Waals surface area contributed by atoms with Crippen LogP contribution in [0.5, 0.6) is 5.75 Å². The number of halogens is 1. The molecule has 19 heavy (non-hydrogen) atoms. The van der Waals surface area contributed by atoms with E-state index in [1.807, 2.05) is 0 Å². The summed E-state index contributed by atoms with van der Waals surface area (Å²) in [5.74, 6) is -2.31. The van der Waals surface area contributed by atoms with Gasteiger partial charge in [-0.15, -0.1) is 0 Å². The zero-order valence-corrected chi connectivity index (χ0v) is 9.83. The van der Waals surface area contributed by atoms with Crippen molar-refractivity contribution in [3.05, 3.63) is 34.1 Å². The number of hydrogen-bond acceptors (Lipinski definition) is 5. The molecule has 1 rings (SSSR count). The second kappa shape index (κ2) is 5.76. The number of nitro benzene ring substituents is 1. The van der Waals surface area contributed by atoms with E-state index in [1.165, 1.54) is 7.05 Å². The van der Waals surface area contributed by atoms with Gasteiger partial charge in [-0.1, -0.05) is 0 Å². The number of hydrogen-bond donors (Lipinski definition) is 1. The van der Waals surface area contributed by atoms with E-state index in [-0.39, 0.29) is 0 Å². The number of nitro groups is 1. The van der Waals surface area contributed by atoms with Gasteiger partial charge in [-0.25, -0.2) is 14.0 Å². The average Bonchev–Trinajstić information content (AvgIpc) is 2.27. The first kappa shape index (κ1) is 14.4. The van der Waals surface area contributed by atoms with E-state index in [0.717, 1.165) is 17.0 Å². The van der Waals surface area contributed by atoms with Crippen molar-refractivity contribution in [2.75, 3.05) is 13.6 Å². The molecule has 102 valence electrons. The molecule has 0 bridgehead atoms. The van der Waals surface area contributed by atoms with Crippen molar-refractivity contribution in [3.63, 3.8) is 0 Å². The molecule has 1 aromatic carbocycles. The number of esters is 1. The molecule has 9 heteroatoms. The third kappa shape index (κ3) is 3.91. The molecule has 2 amide bonds. The lowest BCUT2D eigenvalue weighted by Crippen LogP contribution is -2.37.